The van der Waals surface area contributed by atoms with Crippen LogP contribution in [0.5, 0.6) is 5.75 Å². The molecule has 6 heteroatoms. The van der Waals surface area contributed by atoms with Crippen LogP contribution in [0.4, 0.5) is 5.69 Å². The molecule has 2 amide bonds. The molecule has 0 saturated heterocycles. The van der Waals surface area contributed by atoms with Gasteiger partial charge < -0.3 is 15.0 Å². The average Bonchev–Trinajstić information content (AvgIpc) is 3.04. The predicted molar refractivity (Wildman–Crippen MR) is 87.3 cm³/mol. The average molecular weight is 318 g/mol. The third-order valence-electron chi connectivity index (χ3n) is 3.12. The van der Waals surface area contributed by atoms with Crippen LogP contribution in [0.2, 0.25) is 0 Å². The van der Waals surface area contributed by atoms with Gasteiger partial charge in [0.05, 0.1) is 0 Å². The number of rotatable bonds is 8. The summed E-state index contributed by atoms with van der Waals surface area (Å²) in [6.07, 6.45) is 1.45. The molecule has 0 atom stereocenters. The van der Waals surface area contributed by atoms with E-state index in [4.69, 9.17) is 4.74 Å². The van der Waals surface area contributed by atoms with E-state index in [1.165, 1.54) is 4.88 Å². The van der Waals surface area contributed by atoms with E-state index in [-0.39, 0.29) is 12.5 Å². The van der Waals surface area contributed by atoms with Gasteiger partial charge in [0.1, 0.15) is 5.75 Å². The zero-order chi connectivity index (χ0) is 15.8. The molecule has 1 N–H and O–H groups in total. The van der Waals surface area contributed by atoms with Crippen molar-refractivity contribution in [3.8, 4) is 5.75 Å². The van der Waals surface area contributed by atoms with Crippen LogP contribution >= 0.6 is 11.3 Å². The Bertz CT molecular complexity index is 614. The number of hydrogen-bond donors (Lipinski definition) is 1. The normalized spacial score (nSPS) is 10.0. The molecule has 0 spiro atoms. The molecule has 0 bridgehead atoms. The van der Waals surface area contributed by atoms with E-state index >= 15 is 0 Å². The molecule has 116 valence electrons. The summed E-state index contributed by atoms with van der Waals surface area (Å²) in [6, 6.07) is 11.0. The van der Waals surface area contributed by atoms with Gasteiger partial charge in [-0.2, -0.15) is 0 Å². The van der Waals surface area contributed by atoms with Crippen LogP contribution < -0.4 is 10.1 Å². The molecular weight excluding hydrogens is 300 g/mol. The van der Waals surface area contributed by atoms with Gasteiger partial charge in [-0.15, -0.1) is 11.3 Å². The van der Waals surface area contributed by atoms with Crippen molar-refractivity contribution in [3.05, 3.63) is 46.7 Å². The van der Waals surface area contributed by atoms with Crippen LogP contribution in [0.1, 0.15) is 4.88 Å². The largest absolute Gasteiger partial charge is 0.484 e. The Labute approximate surface area is 133 Å². The number of hydrogen-bond acceptors (Lipinski definition) is 4. The quantitative estimate of drug-likeness (QED) is 0.760. The zero-order valence-corrected chi connectivity index (χ0v) is 13.1. The molecule has 1 aromatic heterocycles. The lowest BCUT2D eigenvalue weighted by Crippen LogP contribution is -2.32. The number of nitrogens with zero attached hydrogens (tertiary/aromatic N) is 1. The molecule has 0 aliphatic carbocycles. The third kappa shape index (κ3) is 4.89. The van der Waals surface area contributed by atoms with Crippen molar-refractivity contribution < 1.29 is 14.3 Å². The van der Waals surface area contributed by atoms with Gasteiger partial charge in [0.25, 0.3) is 5.91 Å². The first-order valence-corrected chi connectivity index (χ1v) is 7.76. The molecule has 0 aliphatic rings. The maximum atomic E-state index is 12.0. The molecule has 2 rings (SSSR count). The van der Waals surface area contributed by atoms with E-state index in [9.17, 15) is 9.59 Å². The van der Waals surface area contributed by atoms with Gasteiger partial charge in [-0.3, -0.25) is 9.59 Å². The summed E-state index contributed by atoms with van der Waals surface area (Å²) in [5, 5.41) is 4.57. The highest BCUT2D eigenvalue weighted by Crippen LogP contribution is 2.16. The Kier molecular flexibility index (Phi) is 5.97. The summed E-state index contributed by atoms with van der Waals surface area (Å²) >= 11 is 1.69. The molecule has 0 unspecified atom stereocenters. The molecule has 0 radical (unpaired) electrons. The molecule has 22 heavy (non-hydrogen) atoms. The molecule has 5 nitrogen and oxygen atoms in total. The number of carbonyl (C=O) groups excluding carboxylic acids is 2. The number of carbonyl (C=O) groups is 2. The Morgan fingerprint density at radius 3 is 2.95 bits per heavy atom. The van der Waals surface area contributed by atoms with Crippen LogP contribution in [0, 0.1) is 0 Å². The van der Waals surface area contributed by atoms with Crippen molar-refractivity contribution >= 4 is 29.3 Å². The fraction of sp³-hybridized carbons (Fsp3) is 0.250. The molecule has 0 fully saturated rings. The van der Waals surface area contributed by atoms with Crippen molar-refractivity contribution in [3.63, 3.8) is 0 Å². The Morgan fingerprint density at radius 1 is 1.36 bits per heavy atom. The van der Waals surface area contributed by atoms with Gasteiger partial charge in [-0.25, -0.2) is 0 Å². The van der Waals surface area contributed by atoms with Crippen LogP contribution in [-0.2, 0) is 16.0 Å². The first kappa shape index (κ1) is 16.0. The number of likely N-dealkylation sites (N-methyl/N-ethyl adjacent to an activating group) is 1. The van der Waals surface area contributed by atoms with Crippen LogP contribution in [-0.4, -0.2) is 37.4 Å². The maximum absolute atomic E-state index is 12.0. The minimum Gasteiger partial charge on any atom is -0.484 e. The van der Waals surface area contributed by atoms with Gasteiger partial charge in [0.2, 0.25) is 6.41 Å². The maximum Gasteiger partial charge on any atom is 0.260 e. The summed E-state index contributed by atoms with van der Waals surface area (Å²) in [5.74, 6) is 0.470. The van der Waals surface area contributed by atoms with Crippen molar-refractivity contribution in [2.24, 2.45) is 0 Å². The van der Waals surface area contributed by atoms with Gasteiger partial charge in [0.15, 0.2) is 6.61 Å². The van der Waals surface area contributed by atoms with E-state index in [1.807, 2.05) is 11.4 Å². The van der Waals surface area contributed by atoms with E-state index < -0.39 is 0 Å². The highest BCUT2D eigenvalue weighted by atomic mass is 32.1. The second kappa shape index (κ2) is 8.19. The lowest BCUT2D eigenvalue weighted by molar-refractivity contribution is -0.132. The Balaban J connectivity index is 1.78. The van der Waals surface area contributed by atoms with Crippen LogP contribution in [0.15, 0.2) is 41.8 Å². The number of benzene rings is 1. The SMILES string of the molecule is CN(CCc1cccs1)C(=O)COc1cccc(NC=O)c1. The van der Waals surface area contributed by atoms with Crippen LogP contribution in [0.3, 0.4) is 0 Å². The number of ether oxygens (including phenoxy) is 1. The fourth-order valence-corrected chi connectivity index (χ4v) is 2.55. The van der Waals surface area contributed by atoms with Crippen molar-refractivity contribution in [2.45, 2.75) is 6.42 Å². The van der Waals surface area contributed by atoms with Gasteiger partial charge in [-0.05, 0) is 30.0 Å². The molecule has 2 aromatic rings. The summed E-state index contributed by atoms with van der Waals surface area (Å²) in [4.78, 5) is 25.3. The highest BCUT2D eigenvalue weighted by Gasteiger charge is 2.10. The summed E-state index contributed by atoms with van der Waals surface area (Å²) in [7, 11) is 1.77. The number of thiophene rings is 1. The first-order chi connectivity index (χ1) is 10.7. The standard InChI is InChI=1S/C16H18N2O3S/c1-18(8-7-15-6-3-9-22-15)16(20)11-21-14-5-2-4-13(10-14)17-12-19/h2-6,9-10,12H,7-8,11H2,1H3,(H,17,19). The lowest BCUT2D eigenvalue weighted by atomic mass is 10.3. The summed E-state index contributed by atoms with van der Waals surface area (Å²) < 4.78 is 5.47. The number of anilines is 1. The zero-order valence-electron chi connectivity index (χ0n) is 12.3. The third-order valence-corrected chi connectivity index (χ3v) is 4.06. The number of amides is 2. The van der Waals surface area contributed by atoms with E-state index in [1.54, 1.807) is 47.5 Å². The minimum absolute atomic E-state index is 0.0223. The van der Waals surface area contributed by atoms with E-state index in [0.29, 0.717) is 24.4 Å². The molecule has 0 saturated carbocycles. The molecule has 1 aromatic carbocycles. The Morgan fingerprint density at radius 2 is 2.23 bits per heavy atom. The summed E-state index contributed by atoms with van der Waals surface area (Å²) in [6.45, 7) is 0.640. The lowest BCUT2D eigenvalue weighted by Gasteiger charge is -2.17. The topological polar surface area (TPSA) is 58.6 Å². The van der Waals surface area contributed by atoms with E-state index in [2.05, 4.69) is 11.4 Å². The van der Waals surface area contributed by atoms with Gasteiger partial charge >= 0.3 is 0 Å². The minimum atomic E-state index is -0.0784. The Hall–Kier alpha value is -2.34. The predicted octanol–water partition coefficient (Wildman–Crippen LogP) is 2.40. The molecule has 1 heterocycles. The monoisotopic (exact) mass is 318 g/mol. The fourth-order valence-electron chi connectivity index (χ4n) is 1.86. The van der Waals surface area contributed by atoms with Crippen molar-refractivity contribution in [1.29, 1.82) is 0 Å². The molecule has 0 aliphatic heterocycles. The number of nitrogens with one attached hydrogen (secondary N) is 1. The summed E-state index contributed by atoms with van der Waals surface area (Å²) in [5.41, 5.74) is 0.631. The second-order valence-electron chi connectivity index (χ2n) is 4.72. The first-order valence-electron chi connectivity index (χ1n) is 6.88. The van der Waals surface area contributed by atoms with E-state index in [0.717, 1.165) is 6.42 Å². The highest BCUT2D eigenvalue weighted by molar-refractivity contribution is 7.09. The van der Waals surface area contributed by atoms with Gasteiger partial charge in [-0.1, -0.05) is 12.1 Å². The second-order valence-corrected chi connectivity index (χ2v) is 5.76. The van der Waals surface area contributed by atoms with Crippen molar-refractivity contribution in [2.75, 3.05) is 25.5 Å². The van der Waals surface area contributed by atoms with Gasteiger partial charge in [0, 0.05) is 30.2 Å². The smallest absolute Gasteiger partial charge is 0.260 e. The molecular formula is C16H18N2O3S. The van der Waals surface area contributed by atoms with Crippen molar-refractivity contribution in [1.82, 2.24) is 4.90 Å². The van der Waals surface area contributed by atoms with Crippen LogP contribution in [0.25, 0.3) is 0 Å².